The monoisotopic (exact) mass is 324 g/mol. The van der Waals surface area contributed by atoms with E-state index in [-0.39, 0.29) is 17.6 Å². The van der Waals surface area contributed by atoms with Gasteiger partial charge in [-0.1, -0.05) is 18.2 Å². The third-order valence-corrected chi connectivity index (χ3v) is 4.55. The first-order chi connectivity index (χ1) is 11.7. The highest BCUT2D eigenvalue weighted by Crippen LogP contribution is 2.20. The van der Waals surface area contributed by atoms with Crippen LogP contribution in [0.25, 0.3) is 10.9 Å². The van der Waals surface area contributed by atoms with Crippen LogP contribution in [0, 0.1) is 6.92 Å². The molecule has 2 unspecified atom stereocenters. The molecule has 2 N–H and O–H groups in total. The van der Waals surface area contributed by atoms with Gasteiger partial charge in [0.2, 0.25) is 0 Å². The average Bonchev–Trinajstić information content (AvgIpc) is 3.22. The average molecular weight is 324 g/mol. The van der Waals surface area contributed by atoms with Crippen molar-refractivity contribution in [2.75, 3.05) is 13.2 Å². The molecule has 1 aliphatic heterocycles. The minimum absolute atomic E-state index is 0.0608. The Morgan fingerprint density at radius 1 is 1.29 bits per heavy atom. The van der Waals surface area contributed by atoms with Gasteiger partial charge in [0.05, 0.1) is 31.0 Å². The quantitative estimate of drug-likeness (QED) is 0.767. The summed E-state index contributed by atoms with van der Waals surface area (Å²) in [7, 11) is 0. The fourth-order valence-electron chi connectivity index (χ4n) is 3.26. The highest BCUT2D eigenvalue weighted by molar-refractivity contribution is 5.82. The fraction of sp³-hybridized carbons (Fsp3) is 0.333. The van der Waals surface area contributed by atoms with E-state index in [9.17, 15) is 4.79 Å². The summed E-state index contributed by atoms with van der Waals surface area (Å²) in [6, 6.07) is 11.5. The van der Waals surface area contributed by atoms with Gasteiger partial charge in [-0.05, 0) is 24.6 Å². The van der Waals surface area contributed by atoms with Gasteiger partial charge in [-0.15, -0.1) is 0 Å². The molecule has 1 aliphatic rings. The molecule has 6 heteroatoms. The standard InChI is InChI=1S/C18H20N4O2/c1-12-6-7-18(23)22(21-12)17-11-24-10-16(17)20-9-13-8-19-15-5-3-2-4-14(13)15/h2-8,16-17,19-20H,9-11H2,1H3. The SMILES string of the molecule is Cc1ccc(=O)n(C2COCC2NCc2c[nH]c3ccccc23)n1. The molecule has 0 saturated carbocycles. The highest BCUT2D eigenvalue weighted by atomic mass is 16.5. The second kappa shape index (κ2) is 6.22. The number of nitrogens with zero attached hydrogens (tertiary/aromatic N) is 2. The molecule has 0 bridgehead atoms. The molecule has 3 aromatic rings. The minimum atomic E-state index is -0.0880. The van der Waals surface area contributed by atoms with Gasteiger partial charge in [-0.3, -0.25) is 4.79 Å². The van der Waals surface area contributed by atoms with E-state index in [0.29, 0.717) is 13.2 Å². The molecule has 124 valence electrons. The highest BCUT2D eigenvalue weighted by Gasteiger charge is 2.31. The maximum atomic E-state index is 12.1. The Bertz CT molecular complexity index is 915. The Kier molecular flexibility index (Phi) is 3.92. The van der Waals surface area contributed by atoms with Gasteiger partial charge in [-0.25, -0.2) is 4.68 Å². The molecule has 1 fully saturated rings. The van der Waals surface area contributed by atoms with Crippen molar-refractivity contribution in [1.29, 1.82) is 0 Å². The van der Waals surface area contributed by atoms with Crippen molar-refractivity contribution in [1.82, 2.24) is 20.1 Å². The van der Waals surface area contributed by atoms with Crippen molar-refractivity contribution in [3.8, 4) is 0 Å². The Balaban J connectivity index is 1.53. The number of nitrogens with one attached hydrogen (secondary N) is 2. The predicted molar refractivity (Wildman–Crippen MR) is 92.0 cm³/mol. The first kappa shape index (κ1) is 15.1. The fourth-order valence-corrected chi connectivity index (χ4v) is 3.26. The summed E-state index contributed by atoms with van der Waals surface area (Å²) in [6.07, 6.45) is 2.03. The number of aromatic amines is 1. The van der Waals surface area contributed by atoms with Crippen molar-refractivity contribution < 1.29 is 4.74 Å². The second-order valence-electron chi connectivity index (χ2n) is 6.21. The Hall–Kier alpha value is -2.44. The molecule has 1 aromatic carbocycles. The van der Waals surface area contributed by atoms with E-state index in [1.54, 1.807) is 16.8 Å². The zero-order valence-electron chi connectivity index (χ0n) is 13.5. The van der Waals surface area contributed by atoms with Crippen molar-refractivity contribution in [3.05, 3.63) is 64.2 Å². The van der Waals surface area contributed by atoms with E-state index < -0.39 is 0 Å². The summed E-state index contributed by atoms with van der Waals surface area (Å²) >= 11 is 0. The molecule has 2 atom stereocenters. The first-order valence-electron chi connectivity index (χ1n) is 8.15. The van der Waals surface area contributed by atoms with Gasteiger partial charge in [-0.2, -0.15) is 5.10 Å². The zero-order valence-corrected chi connectivity index (χ0v) is 13.5. The molecule has 0 radical (unpaired) electrons. The lowest BCUT2D eigenvalue weighted by Crippen LogP contribution is -2.41. The van der Waals surface area contributed by atoms with E-state index in [2.05, 4.69) is 27.5 Å². The zero-order chi connectivity index (χ0) is 16.5. The molecule has 6 nitrogen and oxygen atoms in total. The van der Waals surface area contributed by atoms with E-state index in [1.807, 2.05) is 25.3 Å². The molecule has 0 spiro atoms. The maximum Gasteiger partial charge on any atom is 0.267 e. The number of aromatic nitrogens is 3. The number of ether oxygens (including phenoxy) is 1. The van der Waals surface area contributed by atoms with Gasteiger partial charge in [0.15, 0.2) is 0 Å². The van der Waals surface area contributed by atoms with Crippen LogP contribution in [0.4, 0.5) is 0 Å². The summed E-state index contributed by atoms with van der Waals surface area (Å²) in [5, 5.41) is 9.12. The summed E-state index contributed by atoms with van der Waals surface area (Å²) in [5.74, 6) is 0. The van der Waals surface area contributed by atoms with Crippen LogP contribution >= 0.6 is 0 Å². The number of H-pyrrole nitrogens is 1. The summed E-state index contributed by atoms with van der Waals surface area (Å²) in [5.41, 5.74) is 3.08. The number of fused-ring (bicyclic) bond motifs is 1. The molecule has 4 rings (SSSR count). The van der Waals surface area contributed by atoms with Crippen LogP contribution in [0.2, 0.25) is 0 Å². The number of benzene rings is 1. The largest absolute Gasteiger partial charge is 0.377 e. The predicted octanol–water partition coefficient (Wildman–Crippen LogP) is 1.76. The molecule has 0 amide bonds. The number of hydrogen-bond acceptors (Lipinski definition) is 4. The van der Waals surface area contributed by atoms with Crippen LogP contribution in [0.5, 0.6) is 0 Å². The van der Waals surface area contributed by atoms with E-state index in [0.717, 1.165) is 17.8 Å². The van der Waals surface area contributed by atoms with E-state index >= 15 is 0 Å². The van der Waals surface area contributed by atoms with E-state index in [4.69, 9.17) is 4.74 Å². The number of para-hydroxylation sites is 1. The van der Waals surface area contributed by atoms with Crippen molar-refractivity contribution in [3.63, 3.8) is 0 Å². The Morgan fingerprint density at radius 3 is 3.08 bits per heavy atom. The summed E-state index contributed by atoms with van der Waals surface area (Å²) < 4.78 is 7.16. The second-order valence-corrected chi connectivity index (χ2v) is 6.21. The number of rotatable bonds is 4. The molecule has 24 heavy (non-hydrogen) atoms. The lowest BCUT2D eigenvalue weighted by Gasteiger charge is -2.20. The molecular weight excluding hydrogens is 304 g/mol. The molecule has 3 heterocycles. The van der Waals surface area contributed by atoms with Crippen molar-refractivity contribution >= 4 is 10.9 Å². The van der Waals surface area contributed by atoms with Gasteiger partial charge in [0.1, 0.15) is 0 Å². The maximum absolute atomic E-state index is 12.1. The summed E-state index contributed by atoms with van der Waals surface area (Å²) in [4.78, 5) is 15.4. The van der Waals surface area contributed by atoms with Crippen LogP contribution < -0.4 is 10.9 Å². The molecule has 1 saturated heterocycles. The van der Waals surface area contributed by atoms with Crippen LogP contribution in [-0.4, -0.2) is 34.0 Å². The summed E-state index contributed by atoms with van der Waals surface area (Å²) in [6.45, 7) is 3.69. The third-order valence-electron chi connectivity index (χ3n) is 4.55. The van der Waals surface area contributed by atoms with Gasteiger partial charge in [0, 0.05) is 29.7 Å². The van der Waals surface area contributed by atoms with Gasteiger partial charge < -0.3 is 15.0 Å². The first-order valence-corrected chi connectivity index (χ1v) is 8.15. The Morgan fingerprint density at radius 2 is 2.17 bits per heavy atom. The molecular formula is C18H20N4O2. The van der Waals surface area contributed by atoms with Crippen LogP contribution in [0.15, 0.2) is 47.4 Å². The van der Waals surface area contributed by atoms with Gasteiger partial charge in [0.25, 0.3) is 5.56 Å². The smallest absolute Gasteiger partial charge is 0.267 e. The topological polar surface area (TPSA) is 71.9 Å². The lowest BCUT2D eigenvalue weighted by atomic mass is 10.1. The van der Waals surface area contributed by atoms with Gasteiger partial charge >= 0.3 is 0 Å². The van der Waals surface area contributed by atoms with Crippen LogP contribution in [-0.2, 0) is 11.3 Å². The van der Waals surface area contributed by atoms with Crippen molar-refractivity contribution in [2.24, 2.45) is 0 Å². The Labute approximate surface area is 139 Å². The van der Waals surface area contributed by atoms with Crippen LogP contribution in [0.1, 0.15) is 17.3 Å². The van der Waals surface area contributed by atoms with Crippen molar-refractivity contribution in [2.45, 2.75) is 25.6 Å². The van der Waals surface area contributed by atoms with Crippen LogP contribution in [0.3, 0.4) is 0 Å². The molecule has 2 aromatic heterocycles. The number of aryl methyl sites for hydroxylation is 1. The molecule has 0 aliphatic carbocycles. The normalized spacial score (nSPS) is 20.7. The van der Waals surface area contributed by atoms with E-state index in [1.165, 1.54) is 10.9 Å². The number of hydrogen-bond donors (Lipinski definition) is 2. The lowest BCUT2D eigenvalue weighted by molar-refractivity contribution is 0.180. The minimum Gasteiger partial charge on any atom is -0.377 e. The third kappa shape index (κ3) is 2.74.